The maximum atomic E-state index is 12.5. The number of carbonyl (C=O) groups excluding carboxylic acids is 1. The van der Waals surface area contributed by atoms with E-state index in [0.29, 0.717) is 16.3 Å². The summed E-state index contributed by atoms with van der Waals surface area (Å²) >= 11 is 1.18. The standard InChI is InChI=1S/C23H27N3O4S2/c1-15(17-9-8-16-6-4-5-7-18(16)12-17)24-22(27)14-31-23-25-20-13-19(10-11-21(20)30-23)32(28,29)26(2)3/h8-13,15H,4-7,14H2,1-3H3,(H,24,27). The van der Waals surface area contributed by atoms with E-state index in [2.05, 4.69) is 28.5 Å². The Kier molecular flexibility index (Phi) is 6.60. The van der Waals surface area contributed by atoms with Gasteiger partial charge < -0.3 is 9.73 Å². The van der Waals surface area contributed by atoms with Crippen molar-refractivity contribution in [3.8, 4) is 0 Å². The van der Waals surface area contributed by atoms with Gasteiger partial charge in [0, 0.05) is 14.1 Å². The zero-order chi connectivity index (χ0) is 22.9. The number of nitrogens with zero attached hydrogens (tertiary/aromatic N) is 2. The molecule has 0 saturated heterocycles. The van der Waals surface area contributed by atoms with Crippen LogP contribution in [0.1, 0.15) is 42.5 Å². The van der Waals surface area contributed by atoms with E-state index in [-0.39, 0.29) is 22.6 Å². The van der Waals surface area contributed by atoms with Crippen molar-refractivity contribution >= 4 is 38.8 Å². The fraction of sp³-hybridized carbons (Fsp3) is 0.391. The average molecular weight is 474 g/mol. The molecule has 1 aliphatic rings. The molecule has 170 valence electrons. The second-order valence-corrected chi connectivity index (χ2v) is 11.3. The molecule has 9 heteroatoms. The van der Waals surface area contributed by atoms with E-state index in [0.717, 1.165) is 22.7 Å². The van der Waals surface area contributed by atoms with Crippen molar-refractivity contribution in [2.45, 2.75) is 48.8 Å². The van der Waals surface area contributed by atoms with Crippen molar-refractivity contribution in [2.24, 2.45) is 0 Å². The molecule has 0 spiro atoms. The molecule has 0 aliphatic heterocycles. The molecular formula is C23H27N3O4S2. The molecule has 0 bridgehead atoms. The van der Waals surface area contributed by atoms with Crippen molar-refractivity contribution in [1.82, 2.24) is 14.6 Å². The van der Waals surface area contributed by atoms with Gasteiger partial charge in [0.1, 0.15) is 5.52 Å². The summed E-state index contributed by atoms with van der Waals surface area (Å²) in [5.41, 5.74) is 4.85. The zero-order valence-corrected chi connectivity index (χ0v) is 20.1. The molecule has 0 radical (unpaired) electrons. The van der Waals surface area contributed by atoms with Gasteiger partial charge in [-0.2, -0.15) is 0 Å². The van der Waals surface area contributed by atoms with E-state index in [9.17, 15) is 13.2 Å². The van der Waals surface area contributed by atoms with Gasteiger partial charge in [0.2, 0.25) is 15.9 Å². The number of aromatic nitrogens is 1. The molecule has 1 N–H and O–H groups in total. The number of oxazole rings is 1. The van der Waals surface area contributed by atoms with Crippen molar-refractivity contribution in [3.05, 3.63) is 53.1 Å². The third-order valence-electron chi connectivity index (χ3n) is 5.69. The number of benzene rings is 2. The molecular weight excluding hydrogens is 446 g/mol. The van der Waals surface area contributed by atoms with E-state index < -0.39 is 10.0 Å². The topological polar surface area (TPSA) is 92.5 Å². The predicted molar refractivity (Wildman–Crippen MR) is 125 cm³/mol. The lowest BCUT2D eigenvalue weighted by Crippen LogP contribution is -2.28. The van der Waals surface area contributed by atoms with Crippen LogP contribution in [0.15, 0.2) is 50.9 Å². The maximum absolute atomic E-state index is 12.5. The second kappa shape index (κ2) is 9.25. The van der Waals surface area contributed by atoms with Gasteiger partial charge >= 0.3 is 0 Å². The predicted octanol–water partition coefficient (Wildman–Crippen LogP) is 3.93. The molecule has 0 fully saturated rings. The summed E-state index contributed by atoms with van der Waals surface area (Å²) < 4.78 is 31.4. The third kappa shape index (κ3) is 4.84. The Morgan fingerprint density at radius 1 is 1.16 bits per heavy atom. The van der Waals surface area contributed by atoms with E-state index in [1.807, 2.05) is 6.92 Å². The lowest BCUT2D eigenvalue weighted by atomic mass is 9.89. The molecule has 7 nitrogen and oxygen atoms in total. The summed E-state index contributed by atoms with van der Waals surface area (Å²) in [4.78, 5) is 17.0. The van der Waals surface area contributed by atoms with Crippen LogP contribution in [0.2, 0.25) is 0 Å². The summed E-state index contributed by atoms with van der Waals surface area (Å²) in [6, 6.07) is 11.0. The van der Waals surface area contributed by atoms with Gasteiger partial charge in [0.05, 0.1) is 16.7 Å². The van der Waals surface area contributed by atoms with Crippen LogP contribution >= 0.6 is 11.8 Å². The first-order chi connectivity index (χ1) is 15.2. The van der Waals surface area contributed by atoms with E-state index in [1.54, 1.807) is 6.07 Å². The SMILES string of the molecule is CC(NC(=O)CSc1nc2cc(S(=O)(=O)N(C)C)ccc2o1)c1ccc2c(c1)CCCC2. The normalized spacial score (nSPS) is 15.0. The number of aryl methyl sites for hydroxylation is 2. The first kappa shape index (κ1) is 22.8. The monoisotopic (exact) mass is 473 g/mol. The Morgan fingerprint density at radius 2 is 1.91 bits per heavy atom. The highest BCUT2D eigenvalue weighted by atomic mass is 32.2. The Labute approximate surface area is 192 Å². The molecule has 1 heterocycles. The van der Waals surface area contributed by atoms with Gasteiger partial charge in [-0.15, -0.1) is 0 Å². The minimum absolute atomic E-state index is 0.0854. The fourth-order valence-electron chi connectivity index (χ4n) is 3.84. The summed E-state index contributed by atoms with van der Waals surface area (Å²) in [6.07, 6.45) is 4.72. The van der Waals surface area contributed by atoms with Crippen molar-refractivity contribution in [3.63, 3.8) is 0 Å². The Hall–Kier alpha value is -2.36. The Morgan fingerprint density at radius 3 is 2.66 bits per heavy atom. The van der Waals surface area contributed by atoms with E-state index >= 15 is 0 Å². The van der Waals surface area contributed by atoms with Gasteiger partial charge in [-0.25, -0.2) is 17.7 Å². The van der Waals surface area contributed by atoms with E-state index in [4.69, 9.17) is 4.42 Å². The maximum Gasteiger partial charge on any atom is 0.257 e. The van der Waals surface area contributed by atoms with Crippen LogP contribution in [0.25, 0.3) is 11.1 Å². The lowest BCUT2D eigenvalue weighted by molar-refractivity contribution is -0.119. The van der Waals surface area contributed by atoms with E-state index in [1.165, 1.54) is 62.0 Å². The number of sulfonamides is 1. The molecule has 1 aliphatic carbocycles. The Balaban J connectivity index is 1.38. The van der Waals surface area contributed by atoms with Crippen LogP contribution in [-0.2, 0) is 27.7 Å². The summed E-state index contributed by atoms with van der Waals surface area (Å²) in [5, 5.41) is 3.36. The Bertz CT molecular complexity index is 1250. The number of nitrogens with one attached hydrogen (secondary N) is 1. The highest BCUT2D eigenvalue weighted by molar-refractivity contribution is 7.99. The summed E-state index contributed by atoms with van der Waals surface area (Å²) in [7, 11) is -0.591. The highest BCUT2D eigenvalue weighted by Crippen LogP contribution is 2.27. The second-order valence-electron chi connectivity index (χ2n) is 8.21. The van der Waals surface area contributed by atoms with Gasteiger partial charge in [-0.05, 0) is 67.5 Å². The zero-order valence-electron chi connectivity index (χ0n) is 18.4. The van der Waals surface area contributed by atoms with Gasteiger partial charge in [0.15, 0.2) is 5.58 Å². The quantitative estimate of drug-likeness (QED) is 0.523. The summed E-state index contributed by atoms with van der Waals surface area (Å²) in [6.45, 7) is 1.99. The van der Waals surface area contributed by atoms with Crippen LogP contribution in [0.3, 0.4) is 0 Å². The molecule has 1 atom stereocenters. The third-order valence-corrected chi connectivity index (χ3v) is 8.33. The van der Waals surface area contributed by atoms with Crippen LogP contribution in [0, 0.1) is 0 Å². The van der Waals surface area contributed by atoms with Gasteiger partial charge in [-0.1, -0.05) is 30.0 Å². The largest absolute Gasteiger partial charge is 0.431 e. The minimum Gasteiger partial charge on any atom is -0.431 e. The number of rotatable bonds is 7. The van der Waals surface area contributed by atoms with Crippen LogP contribution in [0.5, 0.6) is 0 Å². The van der Waals surface area contributed by atoms with Crippen molar-refractivity contribution in [1.29, 1.82) is 0 Å². The number of carbonyl (C=O) groups is 1. The van der Waals surface area contributed by atoms with Crippen LogP contribution in [-0.4, -0.2) is 43.5 Å². The number of hydrogen-bond donors (Lipinski definition) is 1. The lowest BCUT2D eigenvalue weighted by Gasteiger charge is -2.20. The highest BCUT2D eigenvalue weighted by Gasteiger charge is 2.20. The van der Waals surface area contributed by atoms with Crippen LogP contribution in [0.4, 0.5) is 0 Å². The summed E-state index contributed by atoms with van der Waals surface area (Å²) in [5.74, 6) is 0.0451. The van der Waals surface area contributed by atoms with Crippen LogP contribution < -0.4 is 5.32 Å². The molecule has 3 aromatic rings. The molecule has 2 aromatic carbocycles. The smallest absolute Gasteiger partial charge is 0.257 e. The molecule has 1 aromatic heterocycles. The number of hydrogen-bond acceptors (Lipinski definition) is 6. The first-order valence-corrected chi connectivity index (χ1v) is 13.0. The molecule has 1 amide bonds. The van der Waals surface area contributed by atoms with Crippen molar-refractivity contribution < 1.29 is 17.6 Å². The number of thioether (sulfide) groups is 1. The minimum atomic E-state index is -3.55. The van der Waals surface area contributed by atoms with Crippen molar-refractivity contribution in [2.75, 3.05) is 19.8 Å². The first-order valence-electron chi connectivity index (χ1n) is 10.6. The molecule has 1 unspecified atom stereocenters. The molecule has 4 rings (SSSR count). The average Bonchev–Trinajstić information content (AvgIpc) is 3.19. The molecule has 32 heavy (non-hydrogen) atoms. The van der Waals surface area contributed by atoms with Gasteiger partial charge in [-0.3, -0.25) is 4.79 Å². The number of fused-ring (bicyclic) bond motifs is 2. The fourth-order valence-corrected chi connectivity index (χ4v) is 5.41. The molecule has 0 saturated carbocycles. The number of amides is 1. The van der Waals surface area contributed by atoms with Gasteiger partial charge in [0.25, 0.3) is 5.22 Å².